The maximum atomic E-state index is 12.2. The average molecular weight is 340 g/mol. The Balaban J connectivity index is 4.13. The first-order chi connectivity index (χ1) is 11.6. The van der Waals surface area contributed by atoms with E-state index in [4.69, 9.17) is 5.11 Å². The summed E-state index contributed by atoms with van der Waals surface area (Å²) in [6.07, 6.45) is 16.4. The van der Waals surface area contributed by atoms with E-state index in [-0.39, 0.29) is 5.91 Å². The fourth-order valence-electron chi connectivity index (χ4n) is 2.75. The van der Waals surface area contributed by atoms with E-state index in [0.29, 0.717) is 0 Å². The van der Waals surface area contributed by atoms with Crippen LogP contribution in [0.4, 0.5) is 0 Å². The molecule has 0 saturated carbocycles. The van der Waals surface area contributed by atoms with Crippen LogP contribution in [0.25, 0.3) is 0 Å². The second kappa shape index (κ2) is 16.5. The molecule has 0 saturated heterocycles. The first-order valence-corrected chi connectivity index (χ1v) is 9.81. The van der Waals surface area contributed by atoms with Gasteiger partial charge in [0.2, 0.25) is 5.91 Å². The predicted molar refractivity (Wildman–Crippen MR) is 100 cm³/mol. The molecule has 0 radical (unpaired) electrons. The van der Waals surface area contributed by atoms with Crippen molar-refractivity contribution in [2.75, 3.05) is 13.1 Å². The van der Waals surface area contributed by atoms with E-state index in [1.807, 2.05) is 4.90 Å². The Morgan fingerprint density at radius 1 is 0.708 bits per heavy atom. The highest BCUT2D eigenvalue weighted by Gasteiger charge is 2.10. The molecule has 0 fully saturated rings. The van der Waals surface area contributed by atoms with Gasteiger partial charge in [0.05, 0.1) is 0 Å². The zero-order valence-corrected chi connectivity index (χ0v) is 15.8. The molecule has 0 aromatic heterocycles. The third-order valence-corrected chi connectivity index (χ3v) is 4.24. The lowest BCUT2D eigenvalue weighted by Gasteiger charge is -2.21. The quantitative estimate of drug-likeness (QED) is 0.311. The minimum atomic E-state index is -1.07. The Bertz CT molecular complexity index is 337. The van der Waals surface area contributed by atoms with Crippen LogP contribution in [0.2, 0.25) is 0 Å². The van der Waals surface area contributed by atoms with Crippen LogP contribution in [0.3, 0.4) is 0 Å². The monoisotopic (exact) mass is 339 g/mol. The first-order valence-electron chi connectivity index (χ1n) is 9.81. The molecule has 0 rings (SSSR count). The zero-order valence-electron chi connectivity index (χ0n) is 15.8. The Kier molecular flexibility index (Phi) is 15.6. The average Bonchev–Trinajstić information content (AvgIpc) is 2.56. The van der Waals surface area contributed by atoms with Gasteiger partial charge in [0.1, 0.15) is 0 Å². The van der Waals surface area contributed by atoms with Crippen molar-refractivity contribution in [1.82, 2.24) is 4.90 Å². The molecule has 0 unspecified atom stereocenters. The summed E-state index contributed by atoms with van der Waals surface area (Å²) >= 11 is 0. The minimum Gasteiger partial charge on any atom is -0.478 e. The summed E-state index contributed by atoms with van der Waals surface area (Å²) in [5.74, 6) is -1.23. The summed E-state index contributed by atoms with van der Waals surface area (Å²) in [5.41, 5.74) is 0. The highest BCUT2D eigenvalue weighted by molar-refractivity contribution is 5.93. The van der Waals surface area contributed by atoms with Crippen LogP contribution in [0.15, 0.2) is 12.2 Å². The number of unbranched alkanes of at least 4 members (excludes halogenated alkanes) is 10. The molecule has 140 valence electrons. The number of carbonyl (C=O) groups is 2. The van der Waals surface area contributed by atoms with Crippen molar-refractivity contribution in [1.29, 1.82) is 0 Å². The van der Waals surface area contributed by atoms with E-state index in [9.17, 15) is 9.59 Å². The highest BCUT2D eigenvalue weighted by Crippen LogP contribution is 2.09. The second-order valence-electron chi connectivity index (χ2n) is 6.53. The molecule has 0 aromatic rings. The van der Waals surface area contributed by atoms with E-state index < -0.39 is 5.97 Å². The Hall–Kier alpha value is -1.32. The van der Waals surface area contributed by atoms with E-state index in [1.54, 1.807) is 0 Å². The van der Waals surface area contributed by atoms with Gasteiger partial charge in [-0.1, -0.05) is 78.1 Å². The molecule has 0 aliphatic heterocycles. The Morgan fingerprint density at radius 3 is 1.54 bits per heavy atom. The summed E-state index contributed by atoms with van der Waals surface area (Å²) in [6, 6.07) is 0. The summed E-state index contributed by atoms with van der Waals surface area (Å²) in [6.45, 7) is 5.89. The van der Waals surface area contributed by atoms with Crippen LogP contribution in [-0.4, -0.2) is 35.0 Å². The number of carboxylic acid groups (broad SMARTS) is 1. The van der Waals surface area contributed by atoms with Gasteiger partial charge >= 0.3 is 5.97 Å². The van der Waals surface area contributed by atoms with Gasteiger partial charge in [0.15, 0.2) is 0 Å². The van der Waals surface area contributed by atoms with Crippen LogP contribution in [0.5, 0.6) is 0 Å². The van der Waals surface area contributed by atoms with E-state index in [2.05, 4.69) is 13.8 Å². The van der Waals surface area contributed by atoms with Crippen molar-refractivity contribution in [2.45, 2.75) is 90.9 Å². The third-order valence-electron chi connectivity index (χ3n) is 4.24. The van der Waals surface area contributed by atoms with Crippen LogP contribution >= 0.6 is 0 Å². The second-order valence-corrected chi connectivity index (χ2v) is 6.53. The van der Waals surface area contributed by atoms with Gasteiger partial charge in [-0.05, 0) is 12.8 Å². The van der Waals surface area contributed by atoms with Crippen molar-refractivity contribution in [3.05, 3.63) is 12.2 Å². The van der Waals surface area contributed by atoms with Gasteiger partial charge in [0, 0.05) is 25.2 Å². The topological polar surface area (TPSA) is 57.6 Å². The van der Waals surface area contributed by atoms with Gasteiger partial charge < -0.3 is 10.0 Å². The van der Waals surface area contributed by atoms with Gasteiger partial charge in [-0.3, -0.25) is 4.79 Å². The van der Waals surface area contributed by atoms with Crippen LogP contribution in [0.1, 0.15) is 90.9 Å². The van der Waals surface area contributed by atoms with E-state index >= 15 is 0 Å². The number of hydrogen-bond donors (Lipinski definition) is 1. The lowest BCUT2D eigenvalue weighted by Crippen LogP contribution is -2.31. The molecule has 1 amide bonds. The summed E-state index contributed by atoms with van der Waals surface area (Å²) in [5, 5.41) is 8.68. The standard InChI is InChI=1S/C20H37NO3/c1-3-5-7-9-11-13-17-21(19(22)15-16-20(23)24)18-14-12-10-8-6-4-2/h15-16H,3-14,17-18H2,1-2H3,(H,23,24)/b16-15-. The summed E-state index contributed by atoms with van der Waals surface area (Å²) in [4.78, 5) is 24.6. The Morgan fingerprint density at radius 2 is 1.12 bits per heavy atom. The van der Waals surface area contributed by atoms with Gasteiger partial charge in [-0.25, -0.2) is 4.79 Å². The molecule has 4 nitrogen and oxygen atoms in total. The SMILES string of the molecule is CCCCCCCCN(CCCCCCCC)C(=O)/C=C\C(=O)O. The maximum Gasteiger partial charge on any atom is 0.328 e. The van der Waals surface area contributed by atoms with Crippen molar-refractivity contribution >= 4 is 11.9 Å². The van der Waals surface area contributed by atoms with Crippen LogP contribution < -0.4 is 0 Å². The largest absolute Gasteiger partial charge is 0.478 e. The fraction of sp³-hybridized carbons (Fsp3) is 0.800. The number of amides is 1. The molecular formula is C20H37NO3. The minimum absolute atomic E-state index is 0.167. The van der Waals surface area contributed by atoms with E-state index in [0.717, 1.165) is 44.8 Å². The number of hydrogen-bond acceptors (Lipinski definition) is 2. The number of nitrogens with zero attached hydrogens (tertiary/aromatic N) is 1. The van der Waals surface area contributed by atoms with E-state index in [1.165, 1.54) is 57.4 Å². The number of carboxylic acids is 1. The number of aliphatic carboxylic acids is 1. The third kappa shape index (κ3) is 14.3. The molecule has 0 heterocycles. The fourth-order valence-corrected chi connectivity index (χ4v) is 2.75. The molecule has 4 heteroatoms. The smallest absolute Gasteiger partial charge is 0.328 e. The number of rotatable bonds is 16. The van der Waals surface area contributed by atoms with Crippen molar-refractivity contribution < 1.29 is 14.7 Å². The highest BCUT2D eigenvalue weighted by atomic mass is 16.4. The molecule has 1 N–H and O–H groups in total. The number of carbonyl (C=O) groups excluding carboxylic acids is 1. The molecule has 0 aromatic carbocycles. The lowest BCUT2D eigenvalue weighted by atomic mass is 10.1. The van der Waals surface area contributed by atoms with Gasteiger partial charge in [-0.2, -0.15) is 0 Å². The van der Waals surface area contributed by atoms with Crippen LogP contribution in [0, 0.1) is 0 Å². The summed E-state index contributed by atoms with van der Waals surface area (Å²) in [7, 11) is 0. The maximum absolute atomic E-state index is 12.2. The molecule has 24 heavy (non-hydrogen) atoms. The Labute approximate surface area is 148 Å². The molecule has 0 atom stereocenters. The molecular weight excluding hydrogens is 302 g/mol. The van der Waals surface area contributed by atoms with Crippen molar-refractivity contribution in [3.63, 3.8) is 0 Å². The molecule has 0 spiro atoms. The summed E-state index contributed by atoms with van der Waals surface area (Å²) < 4.78 is 0. The predicted octanol–water partition coefficient (Wildman–Crippen LogP) is 5.18. The van der Waals surface area contributed by atoms with Crippen molar-refractivity contribution in [3.8, 4) is 0 Å². The molecule has 0 aliphatic carbocycles. The zero-order chi connectivity index (χ0) is 18.0. The van der Waals surface area contributed by atoms with Crippen molar-refractivity contribution in [2.24, 2.45) is 0 Å². The van der Waals surface area contributed by atoms with Gasteiger partial charge in [0.25, 0.3) is 0 Å². The van der Waals surface area contributed by atoms with Crippen LogP contribution in [-0.2, 0) is 9.59 Å². The first kappa shape index (κ1) is 22.7. The molecule has 0 aliphatic rings. The molecule has 0 bridgehead atoms. The lowest BCUT2D eigenvalue weighted by molar-refractivity contribution is -0.132. The van der Waals surface area contributed by atoms with Gasteiger partial charge in [-0.15, -0.1) is 0 Å². The normalized spacial score (nSPS) is 11.1.